The quantitative estimate of drug-likeness (QED) is 0.440. The molecule has 0 saturated heterocycles. The molecule has 0 aliphatic rings. The third-order valence-electron chi connectivity index (χ3n) is 3.38. The van der Waals surface area contributed by atoms with Crippen LogP contribution in [0.5, 0.6) is 0 Å². The lowest BCUT2D eigenvalue weighted by Crippen LogP contribution is -2.23. The van der Waals surface area contributed by atoms with Gasteiger partial charge in [-0.15, -0.1) is 5.10 Å². The summed E-state index contributed by atoms with van der Waals surface area (Å²) < 4.78 is 3.71. The third kappa shape index (κ3) is 5.58. The number of allylic oxidation sites excluding steroid dienone is 1. The molecule has 0 aliphatic carbocycles. The predicted octanol–water partition coefficient (Wildman–Crippen LogP) is 3.61. The van der Waals surface area contributed by atoms with Gasteiger partial charge in [-0.3, -0.25) is 10.1 Å². The zero-order valence-corrected chi connectivity index (χ0v) is 15.4. The number of para-hydroxylation sites is 1. The Morgan fingerprint density at radius 1 is 0.964 bits per heavy atom. The summed E-state index contributed by atoms with van der Waals surface area (Å²) in [5.74, 6) is -0.576. The van der Waals surface area contributed by atoms with E-state index >= 15 is 0 Å². The highest BCUT2D eigenvalue weighted by Crippen LogP contribution is 2.18. The van der Waals surface area contributed by atoms with Crippen molar-refractivity contribution in [2.45, 2.75) is 0 Å². The molecule has 0 unspecified atom stereocenters. The van der Waals surface area contributed by atoms with Crippen LogP contribution >= 0.6 is 11.5 Å². The normalized spacial score (nSPS) is 10.9. The molecule has 0 radical (unpaired) electrons. The van der Waals surface area contributed by atoms with E-state index in [4.69, 9.17) is 0 Å². The van der Waals surface area contributed by atoms with Crippen LogP contribution in [0.1, 0.15) is 16.1 Å². The summed E-state index contributed by atoms with van der Waals surface area (Å²) in [7, 11) is 0. The van der Waals surface area contributed by atoms with Gasteiger partial charge in [0.2, 0.25) is 0 Å². The van der Waals surface area contributed by atoms with Gasteiger partial charge in [-0.2, -0.15) is 5.10 Å². The molecule has 140 valence electrons. The van der Waals surface area contributed by atoms with Gasteiger partial charge in [0.15, 0.2) is 10.7 Å². The Hall–Kier alpha value is -3.85. The third-order valence-corrected chi connectivity index (χ3v) is 4.02. The number of hydrogen-bond acceptors (Lipinski definition) is 6. The van der Waals surface area contributed by atoms with Crippen LogP contribution in [0.25, 0.3) is 6.08 Å². The smallest absolute Gasteiger partial charge is 0.308 e. The molecular formula is C19H16N6O2S. The van der Waals surface area contributed by atoms with Crippen LogP contribution in [-0.2, 0) is 0 Å². The van der Waals surface area contributed by atoms with Gasteiger partial charge in [0.05, 0.1) is 0 Å². The highest BCUT2D eigenvalue weighted by Gasteiger charge is 2.18. The van der Waals surface area contributed by atoms with E-state index in [-0.39, 0.29) is 10.7 Å². The Bertz CT molecular complexity index is 986. The summed E-state index contributed by atoms with van der Waals surface area (Å²) in [5.41, 5.74) is 3.97. The number of urea groups is 1. The molecule has 3 aromatic rings. The molecule has 8 nitrogen and oxygen atoms in total. The average molecular weight is 392 g/mol. The van der Waals surface area contributed by atoms with Crippen LogP contribution in [0, 0.1) is 0 Å². The summed E-state index contributed by atoms with van der Waals surface area (Å²) in [6, 6.07) is 18.1. The molecule has 3 N–H and O–H groups in total. The molecule has 2 aromatic carbocycles. The van der Waals surface area contributed by atoms with Gasteiger partial charge in [0.1, 0.15) is 0 Å². The summed E-state index contributed by atoms with van der Waals surface area (Å²) in [4.78, 5) is 24.2. The number of carbonyl (C=O) groups is 2. The molecule has 28 heavy (non-hydrogen) atoms. The lowest BCUT2D eigenvalue weighted by molar-refractivity contribution is 0.0951. The van der Waals surface area contributed by atoms with Crippen molar-refractivity contribution < 1.29 is 9.59 Å². The van der Waals surface area contributed by atoms with Gasteiger partial charge in [-0.1, -0.05) is 59.1 Å². The molecule has 1 heterocycles. The van der Waals surface area contributed by atoms with Crippen LogP contribution in [0.15, 0.2) is 71.8 Å². The molecule has 0 fully saturated rings. The summed E-state index contributed by atoms with van der Waals surface area (Å²) in [5, 5.41) is 13.0. The Balaban J connectivity index is 1.53. The van der Waals surface area contributed by atoms with Crippen molar-refractivity contribution in [3.05, 3.63) is 78.0 Å². The monoisotopic (exact) mass is 392 g/mol. The van der Waals surface area contributed by atoms with E-state index in [9.17, 15) is 9.59 Å². The van der Waals surface area contributed by atoms with Crippen molar-refractivity contribution in [3.63, 3.8) is 0 Å². The SMILES string of the molecule is O=C(Nc1ccccc1)Nc1snnc1C(=O)N/N=C/C=C/c1ccccc1. The number of benzene rings is 2. The van der Waals surface area contributed by atoms with E-state index in [2.05, 4.69) is 30.7 Å². The van der Waals surface area contributed by atoms with Gasteiger partial charge in [0, 0.05) is 23.4 Å². The average Bonchev–Trinajstić information content (AvgIpc) is 3.17. The van der Waals surface area contributed by atoms with Gasteiger partial charge < -0.3 is 5.32 Å². The van der Waals surface area contributed by atoms with Crippen molar-refractivity contribution in [2.24, 2.45) is 5.10 Å². The van der Waals surface area contributed by atoms with Crippen molar-refractivity contribution in [3.8, 4) is 0 Å². The minimum absolute atomic E-state index is 0.0163. The number of aromatic nitrogens is 2. The minimum Gasteiger partial charge on any atom is -0.308 e. The van der Waals surface area contributed by atoms with E-state index < -0.39 is 11.9 Å². The Morgan fingerprint density at radius 3 is 2.43 bits per heavy atom. The molecule has 9 heteroatoms. The summed E-state index contributed by atoms with van der Waals surface area (Å²) in [6.45, 7) is 0. The van der Waals surface area contributed by atoms with Gasteiger partial charge in [0.25, 0.3) is 5.91 Å². The second kappa shape index (κ2) is 9.74. The van der Waals surface area contributed by atoms with E-state index in [1.807, 2.05) is 42.5 Å². The molecule has 0 aliphatic heterocycles. The Morgan fingerprint density at radius 2 is 1.68 bits per heavy atom. The number of amides is 3. The first kappa shape index (κ1) is 18.9. The molecule has 3 amide bonds. The topological polar surface area (TPSA) is 108 Å². The highest BCUT2D eigenvalue weighted by molar-refractivity contribution is 7.10. The zero-order chi connectivity index (χ0) is 19.6. The second-order valence-electron chi connectivity index (χ2n) is 5.38. The van der Waals surface area contributed by atoms with Crippen LogP contribution in [0.3, 0.4) is 0 Å². The maximum atomic E-state index is 12.2. The molecular weight excluding hydrogens is 376 g/mol. The summed E-state index contributed by atoms with van der Waals surface area (Å²) in [6.07, 6.45) is 4.99. The van der Waals surface area contributed by atoms with E-state index in [0.717, 1.165) is 17.1 Å². The highest BCUT2D eigenvalue weighted by atomic mass is 32.1. The van der Waals surface area contributed by atoms with Crippen LogP contribution in [0.2, 0.25) is 0 Å². The first-order valence-corrected chi connectivity index (χ1v) is 9.00. The fourth-order valence-corrected chi connectivity index (χ4v) is 2.68. The maximum absolute atomic E-state index is 12.2. The van der Waals surface area contributed by atoms with Crippen molar-refractivity contribution in [1.29, 1.82) is 0 Å². The zero-order valence-electron chi connectivity index (χ0n) is 14.6. The number of hydrazone groups is 1. The van der Waals surface area contributed by atoms with Crippen LogP contribution in [-0.4, -0.2) is 27.7 Å². The fourth-order valence-electron chi connectivity index (χ4n) is 2.12. The molecule has 0 spiro atoms. The van der Waals surface area contributed by atoms with Crippen molar-refractivity contribution >= 4 is 46.4 Å². The van der Waals surface area contributed by atoms with Crippen LogP contribution in [0.4, 0.5) is 15.5 Å². The molecule has 3 rings (SSSR count). The van der Waals surface area contributed by atoms with E-state index in [1.54, 1.807) is 30.3 Å². The first-order chi connectivity index (χ1) is 13.7. The Labute approximate surface area is 165 Å². The predicted molar refractivity (Wildman–Crippen MR) is 110 cm³/mol. The number of nitrogens with zero attached hydrogens (tertiary/aromatic N) is 3. The molecule has 0 saturated carbocycles. The lowest BCUT2D eigenvalue weighted by atomic mass is 10.2. The number of carbonyl (C=O) groups excluding carboxylic acids is 2. The summed E-state index contributed by atoms with van der Waals surface area (Å²) >= 11 is 0.898. The second-order valence-corrected chi connectivity index (χ2v) is 6.14. The van der Waals surface area contributed by atoms with E-state index in [0.29, 0.717) is 5.69 Å². The number of anilines is 2. The fraction of sp³-hybridized carbons (Fsp3) is 0. The standard InChI is InChI=1S/C19H16N6O2S/c26-17(24-20-13-7-10-14-8-3-1-4-9-14)16-18(28-25-23-16)22-19(27)21-15-11-5-2-6-12-15/h1-13H,(H,24,26)(H2,21,22,27)/b10-7+,20-13+. The number of hydrogen-bond donors (Lipinski definition) is 3. The Kier molecular flexibility index (Phi) is 6.58. The van der Waals surface area contributed by atoms with Crippen molar-refractivity contribution in [1.82, 2.24) is 15.0 Å². The van der Waals surface area contributed by atoms with Crippen LogP contribution < -0.4 is 16.1 Å². The van der Waals surface area contributed by atoms with Crippen molar-refractivity contribution in [2.75, 3.05) is 10.6 Å². The molecule has 0 bridgehead atoms. The number of nitrogens with one attached hydrogen (secondary N) is 3. The van der Waals surface area contributed by atoms with Gasteiger partial charge in [-0.05, 0) is 23.8 Å². The number of rotatable bonds is 6. The molecule has 1 aromatic heterocycles. The maximum Gasteiger partial charge on any atom is 0.324 e. The van der Waals surface area contributed by atoms with E-state index in [1.165, 1.54) is 6.21 Å². The van der Waals surface area contributed by atoms with Gasteiger partial charge >= 0.3 is 6.03 Å². The first-order valence-electron chi connectivity index (χ1n) is 8.23. The largest absolute Gasteiger partial charge is 0.324 e. The van der Waals surface area contributed by atoms with Gasteiger partial charge in [-0.25, -0.2) is 10.2 Å². The lowest BCUT2D eigenvalue weighted by Gasteiger charge is -2.06. The molecule has 0 atom stereocenters. The minimum atomic E-state index is -0.576.